The molecule has 0 aliphatic carbocycles. The minimum Gasteiger partial charge on any atom is -0.507 e. The minimum atomic E-state index is -3.23. The van der Waals surface area contributed by atoms with Gasteiger partial charge in [-0.3, -0.25) is 0 Å². The van der Waals surface area contributed by atoms with Crippen LogP contribution in [-0.2, 0) is 29.5 Å². The maximum Gasteiger partial charge on any atom is 0.234 e. The van der Waals surface area contributed by atoms with Crippen LogP contribution in [0.1, 0.15) is 120 Å². The zero-order valence-electron chi connectivity index (χ0n) is 82.4. The van der Waals surface area contributed by atoms with Gasteiger partial charge in [-0.15, -0.1) is 15.3 Å². The topological polar surface area (TPSA) is 463 Å². The standard InChI is InChI=1S/C36H42N8O3S.C35H40N8O3S.C34H38N8O3S/c1-7-17-48(46,47)18-16-44(28-12-10-9-11-13-28)36-39-26(6)38-35(41-36)40-30-21-25(5)31(22-24(30)4)42-43-34-29(37-8-2)15-14-27-19-23(3)20-32(45)33(27)34;1-7-14-47(45,46)15-13-43(27-11-9-8-10-12-27)35-38-25(6)37-34(40-35)39-28-19-23(4)29(20-22(28)3)41-42-33-31-26(18-24(5)32(33)36)16-21(2)17-30(31)44;1-6-15-46(44,45)16-14-42(26-10-8-7-9-11-26)34-37-24(5)36-33(39-34)38-28-19-23(4)29(20-22(28)3)40-41-32-27(35)13-12-25-17-21(2)18-30(43)31(25)32/h9-15,19-22,37,45H,7-8,16-18H2,1-6H3,(H,38,39,40,41);8-12,16-20,44H,7,13-15,36H2,1-6H3,(H,37,38,39,40);7-13,17-20,43H,6,14-16,35H2,1-5H3,(H,36,37,38,39). The van der Waals surface area contributed by atoms with Crippen LogP contribution in [0.15, 0.2) is 225 Å². The van der Waals surface area contributed by atoms with Crippen LogP contribution in [0.5, 0.6) is 17.2 Å². The molecule has 3 aromatic heterocycles. The normalized spacial score (nSPS) is 11.8. The summed E-state index contributed by atoms with van der Waals surface area (Å²) in [6.07, 6.45) is 1.69. The van der Waals surface area contributed by atoms with E-state index in [0.29, 0.717) is 141 Å². The molecule has 15 rings (SSSR count). The van der Waals surface area contributed by atoms with Crippen molar-refractivity contribution in [3.8, 4) is 17.2 Å². The quantitative estimate of drug-likeness (QED) is 0.0132. The number of nitrogens with two attached hydrogens (primary N) is 2. The predicted molar refractivity (Wildman–Crippen MR) is 570 cm³/mol. The molecular formula is C105H120N24O9S3. The van der Waals surface area contributed by atoms with Gasteiger partial charge in [0.2, 0.25) is 35.7 Å². The first-order valence-electron chi connectivity index (χ1n) is 46.5. The summed E-state index contributed by atoms with van der Waals surface area (Å²) in [6.45, 7) is 33.5. The number of benzene rings is 12. The van der Waals surface area contributed by atoms with Crippen molar-refractivity contribution in [2.45, 2.75) is 137 Å². The van der Waals surface area contributed by atoms with Gasteiger partial charge in [0.25, 0.3) is 0 Å². The number of rotatable bonds is 35. The van der Waals surface area contributed by atoms with E-state index >= 15 is 0 Å². The van der Waals surface area contributed by atoms with E-state index in [4.69, 9.17) is 26.4 Å². The summed E-state index contributed by atoms with van der Waals surface area (Å²) < 4.78 is 75.5. The summed E-state index contributed by atoms with van der Waals surface area (Å²) in [5, 5.41) is 77.1. The molecule has 732 valence electrons. The lowest BCUT2D eigenvalue weighted by molar-refractivity contribution is 0.481. The lowest BCUT2D eigenvalue weighted by atomic mass is 10.0. The fraction of sp³-hybridized carbons (Fsp3) is 0.286. The van der Waals surface area contributed by atoms with Gasteiger partial charge in [-0.05, 0) is 297 Å². The van der Waals surface area contributed by atoms with Crippen molar-refractivity contribution in [3.05, 3.63) is 267 Å². The van der Waals surface area contributed by atoms with Gasteiger partial charge in [0.15, 0.2) is 29.5 Å². The Bertz CT molecular complexity index is 7600. The summed E-state index contributed by atoms with van der Waals surface area (Å²) in [5.41, 5.74) is 31.2. The highest BCUT2D eigenvalue weighted by molar-refractivity contribution is 7.91. The van der Waals surface area contributed by atoms with E-state index in [-0.39, 0.29) is 71.4 Å². The Balaban J connectivity index is 0.000000178. The first-order chi connectivity index (χ1) is 67.3. The molecule has 0 radical (unpaired) electrons. The van der Waals surface area contributed by atoms with Crippen molar-refractivity contribution >= 4 is 183 Å². The number of anilines is 15. The molecule has 36 heteroatoms. The Morgan fingerprint density at radius 1 is 0.312 bits per heavy atom. The first-order valence-corrected chi connectivity index (χ1v) is 51.9. The molecule has 0 atom stereocenters. The third-order valence-corrected chi connectivity index (χ3v) is 28.6. The van der Waals surface area contributed by atoms with Gasteiger partial charge in [0.05, 0.1) is 67.5 Å². The maximum atomic E-state index is 12.6. The third-order valence-electron chi connectivity index (χ3n) is 23.1. The molecule has 0 saturated heterocycles. The molecule has 0 aliphatic rings. The van der Waals surface area contributed by atoms with Gasteiger partial charge in [0, 0.05) is 77.6 Å². The van der Waals surface area contributed by atoms with Crippen molar-refractivity contribution in [1.82, 2.24) is 44.9 Å². The average molecular weight is 1960 g/mol. The number of aromatic hydroxyl groups is 3. The molecule has 0 spiro atoms. The van der Waals surface area contributed by atoms with E-state index in [2.05, 4.69) is 81.9 Å². The van der Waals surface area contributed by atoms with Crippen LogP contribution in [0.4, 0.5) is 121 Å². The first kappa shape index (κ1) is 103. The number of hydrogen-bond acceptors (Lipinski definition) is 33. The molecule has 0 amide bonds. The Labute approximate surface area is 823 Å². The van der Waals surface area contributed by atoms with E-state index in [1.54, 1.807) is 54.8 Å². The molecule has 11 N–H and O–H groups in total. The van der Waals surface area contributed by atoms with Gasteiger partial charge >= 0.3 is 0 Å². The Hall–Kier alpha value is -15.3. The van der Waals surface area contributed by atoms with Gasteiger partial charge in [-0.1, -0.05) is 106 Å². The predicted octanol–water partition coefficient (Wildman–Crippen LogP) is 24.2. The fourth-order valence-electron chi connectivity index (χ4n) is 16.1. The number of fused-ring (bicyclic) bond motifs is 3. The summed E-state index contributed by atoms with van der Waals surface area (Å²) in [7, 11) is -9.69. The van der Waals surface area contributed by atoms with Crippen molar-refractivity contribution in [3.63, 3.8) is 0 Å². The minimum absolute atomic E-state index is 0.0222. The van der Waals surface area contributed by atoms with Crippen molar-refractivity contribution < 1.29 is 40.6 Å². The van der Waals surface area contributed by atoms with E-state index in [9.17, 15) is 40.6 Å². The highest BCUT2D eigenvalue weighted by Gasteiger charge is 2.26. The summed E-state index contributed by atoms with van der Waals surface area (Å²) in [5.74, 6) is 4.17. The van der Waals surface area contributed by atoms with Gasteiger partial charge in [-0.25, -0.2) is 25.3 Å². The monoisotopic (exact) mass is 1960 g/mol. The second kappa shape index (κ2) is 45.5. The van der Waals surface area contributed by atoms with E-state index < -0.39 is 29.5 Å². The van der Waals surface area contributed by atoms with E-state index in [1.165, 1.54) is 0 Å². The second-order valence-electron chi connectivity index (χ2n) is 34.9. The fourth-order valence-corrected chi connectivity index (χ4v) is 20.0. The number of sulfone groups is 3. The lowest BCUT2D eigenvalue weighted by Gasteiger charge is -2.23. The third kappa shape index (κ3) is 26.4. The summed E-state index contributed by atoms with van der Waals surface area (Å²) in [4.78, 5) is 46.8. The van der Waals surface area contributed by atoms with Crippen LogP contribution in [0.3, 0.4) is 0 Å². The Morgan fingerprint density at radius 2 is 0.631 bits per heavy atom. The molecule has 0 fully saturated rings. The zero-order chi connectivity index (χ0) is 101. The maximum absolute atomic E-state index is 12.6. The number of aromatic nitrogens is 9. The number of nitrogen functional groups attached to an aromatic ring is 2. The Morgan fingerprint density at radius 3 is 0.979 bits per heavy atom. The van der Waals surface area contributed by atoms with Crippen molar-refractivity contribution in [2.75, 3.05) is 108 Å². The zero-order valence-corrected chi connectivity index (χ0v) is 84.8. The van der Waals surface area contributed by atoms with Crippen LogP contribution >= 0.6 is 0 Å². The molecule has 0 bridgehead atoms. The number of azo groups is 3. The van der Waals surface area contributed by atoms with Crippen molar-refractivity contribution in [1.29, 1.82) is 0 Å². The molecule has 12 aromatic carbocycles. The van der Waals surface area contributed by atoms with Crippen LogP contribution in [0.2, 0.25) is 0 Å². The van der Waals surface area contributed by atoms with Gasteiger partial charge in [0.1, 0.15) is 51.8 Å². The second-order valence-corrected chi connectivity index (χ2v) is 41.8. The van der Waals surface area contributed by atoms with Gasteiger partial charge < -0.3 is 62.8 Å². The molecule has 3 heterocycles. The largest absolute Gasteiger partial charge is 0.507 e. The van der Waals surface area contributed by atoms with Crippen LogP contribution in [0.25, 0.3) is 32.3 Å². The number of hydrogen-bond donors (Lipinski definition) is 9. The van der Waals surface area contributed by atoms with Crippen LogP contribution in [-0.4, -0.2) is 146 Å². The number of nitrogens with zero attached hydrogens (tertiary/aromatic N) is 18. The van der Waals surface area contributed by atoms with Crippen LogP contribution < -0.4 is 47.4 Å². The SMILES string of the molecule is CCCS(=O)(=O)CCN(c1ccccc1)c1nc(C)nc(Nc2cc(C)c(N=Nc3c(N)c(C)cc4cc(C)cc(O)c34)cc2C)n1.CCCS(=O)(=O)CCN(c1ccccc1)c1nc(C)nc(Nc2cc(C)c(N=Nc3c(N)ccc4cc(C)cc(O)c34)cc2C)n1.CCCS(=O)(=O)CCN(c1ccccc1)c1nc(C)nc(Nc2cc(C)c(N=Nc3c(NCC)ccc4cc(C)cc(O)c34)cc2C)n1. The average Bonchev–Trinajstić information content (AvgIpc) is 0.764. The molecular weight excluding hydrogens is 1840 g/mol. The highest BCUT2D eigenvalue weighted by atomic mass is 32.2. The number of para-hydroxylation sites is 3. The smallest absolute Gasteiger partial charge is 0.234 e. The molecule has 15 aromatic rings. The summed E-state index contributed by atoms with van der Waals surface area (Å²) >= 11 is 0. The Kier molecular flexibility index (Phi) is 33.3. The number of aryl methyl sites for hydroxylation is 13. The van der Waals surface area contributed by atoms with Gasteiger partial charge in [-0.2, -0.15) is 60.2 Å². The number of phenolic OH excluding ortho intramolecular Hbond substituents is 3. The van der Waals surface area contributed by atoms with E-state index in [0.717, 1.165) is 112 Å². The van der Waals surface area contributed by atoms with E-state index in [1.807, 2.05) is 272 Å². The molecule has 0 aliphatic heterocycles. The molecule has 0 saturated carbocycles. The van der Waals surface area contributed by atoms with Crippen LogP contribution in [0, 0.1) is 90.0 Å². The molecule has 141 heavy (non-hydrogen) atoms. The number of nitrogens with one attached hydrogen (secondary N) is 4. The van der Waals surface area contributed by atoms with Crippen molar-refractivity contribution in [2.24, 2.45) is 30.7 Å². The highest BCUT2D eigenvalue weighted by Crippen LogP contribution is 2.46. The lowest BCUT2D eigenvalue weighted by Crippen LogP contribution is -2.28. The summed E-state index contributed by atoms with van der Waals surface area (Å²) in [6, 6.07) is 60.6. The molecule has 0 unspecified atom stereocenters. The number of phenols is 3. The molecule has 33 nitrogen and oxygen atoms in total.